The molecule has 2 N–H and O–H groups in total. The van der Waals surface area contributed by atoms with Crippen molar-refractivity contribution in [1.29, 1.82) is 0 Å². The normalized spacial score (nSPS) is 19.7. The standard InChI is InChI=1S/C21H24N2O4/c1-14-4-2-3-5-17(14)15-10-16-13-23(7-9-27-20(16)18(24)11-15)21(25)19-12-22-6-8-26-19/h2-5,10-11,19,22,24H,6-9,12-13H2,1H3/t19-/m0/s1. The molecule has 1 fully saturated rings. The van der Waals surface area contributed by atoms with Crippen molar-refractivity contribution in [3.8, 4) is 22.6 Å². The molecule has 6 heteroatoms. The van der Waals surface area contributed by atoms with Crippen molar-refractivity contribution in [3.63, 3.8) is 0 Å². The lowest BCUT2D eigenvalue weighted by Crippen LogP contribution is -2.49. The monoisotopic (exact) mass is 368 g/mol. The quantitative estimate of drug-likeness (QED) is 0.849. The van der Waals surface area contributed by atoms with Crippen molar-refractivity contribution in [2.75, 3.05) is 32.8 Å². The van der Waals surface area contributed by atoms with E-state index in [2.05, 4.69) is 5.32 Å². The maximum Gasteiger partial charge on any atom is 0.253 e. The van der Waals surface area contributed by atoms with Gasteiger partial charge in [-0.05, 0) is 35.7 Å². The van der Waals surface area contributed by atoms with E-state index in [1.165, 1.54) is 0 Å². The molecule has 2 aromatic rings. The number of hydrogen-bond acceptors (Lipinski definition) is 5. The SMILES string of the molecule is Cc1ccccc1-c1cc(O)c2c(c1)CN(C(=O)[C@@H]1CNCCO1)CCO2. The van der Waals surface area contributed by atoms with Crippen LogP contribution in [0, 0.1) is 6.92 Å². The highest BCUT2D eigenvalue weighted by Gasteiger charge is 2.29. The Balaban J connectivity index is 1.65. The second-order valence-corrected chi connectivity index (χ2v) is 6.97. The molecule has 4 rings (SSSR count). The fraction of sp³-hybridized carbons (Fsp3) is 0.381. The zero-order valence-corrected chi connectivity index (χ0v) is 15.4. The van der Waals surface area contributed by atoms with E-state index >= 15 is 0 Å². The molecule has 0 spiro atoms. The summed E-state index contributed by atoms with van der Waals surface area (Å²) in [4.78, 5) is 14.6. The summed E-state index contributed by atoms with van der Waals surface area (Å²) < 4.78 is 11.4. The van der Waals surface area contributed by atoms with E-state index < -0.39 is 6.10 Å². The number of ether oxygens (including phenoxy) is 2. The molecule has 2 aliphatic heterocycles. The van der Waals surface area contributed by atoms with Crippen molar-refractivity contribution >= 4 is 5.91 Å². The van der Waals surface area contributed by atoms with Crippen molar-refractivity contribution in [2.24, 2.45) is 0 Å². The molecule has 1 atom stereocenters. The van der Waals surface area contributed by atoms with Crippen LogP contribution >= 0.6 is 0 Å². The predicted octanol–water partition coefficient (Wildman–Crippen LogP) is 2.08. The van der Waals surface area contributed by atoms with Crippen molar-refractivity contribution in [3.05, 3.63) is 47.5 Å². The predicted molar refractivity (Wildman–Crippen MR) is 102 cm³/mol. The zero-order chi connectivity index (χ0) is 18.8. The maximum absolute atomic E-state index is 12.9. The Bertz CT molecular complexity index is 846. The van der Waals surface area contributed by atoms with E-state index in [1.54, 1.807) is 11.0 Å². The molecule has 0 saturated carbocycles. The molecule has 0 bridgehead atoms. The lowest BCUT2D eigenvalue weighted by molar-refractivity contribution is -0.146. The van der Waals surface area contributed by atoms with E-state index in [0.29, 0.717) is 38.6 Å². The van der Waals surface area contributed by atoms with Crippen LogP contribution in [0.25, 0.3) is 11.1 Å². The number of nitrogens with one attached hydrogen (secondary N) is 1. The van der Waals surface area contributed by atoms with Gasteiger partial charge in [-0.1, -0.05) is 24.3 Å². The Kier molecular flexibility index (Phi) is 5.01. The highest BCUT2D eigenvalue weighted by Crippen LogP contribution is 2.38. The smallest absolute Gasteiger partial charge is 0.253 e. The van der Waals surface area contributed by atoms with Gasteiger partial charge in [-0.15, -0.1) is 0 Å². The minimum Gasteiger partial charge on any atom is -0.504 e. The third kappa shape index (κ3) is 3.63. The van der Waals surface area contributed by atoms with Gasteiger partial charge in [-0.25, -0.2) is 0 Å². The molecule has 2 aliphatic rings. The van der Waals surface area contributed by atoms with Gasteiger partial charge in [0, 0.05) is 25.2 Å². The van der Waals surface area contributed by atoms with Gasteiger partial charge in [-0.2, -0.15) is 0 Å². The summed E-state index contributed by atoms with van der Waals surface area (Å²) in [6, 6.07) is 11.8. The van der Waals surface area contributed by atoms with Crippen molar-refractivity contribution in [1.82, 2.24) is 10.2 Å². The number of aromatic hydroxyl groups is 1. The number of benzene rings is 2. The summed E-state index contributed by atoms with van der Waals surface area (Å²) in [7, 11) is 0. The number of carbonyl (C=O) groups is 1. The van der Waals surface area contributed by atoms with E-state index in [9.17, 15) is 9.90 Å². The molecular formula is C21H24N2O4. The molecule has 0 unspecified atom stereocenters. The fourth-order valence-electron chi connectivity index (χ4n) is 3.67. The third-order valence-corrected chi connectivity index (χ3v) is 5.09. The number of nitrogens with zero attached hydrogens (tertiary/aromatic N) is 1. The Hall–Kier alpha value is -2.57. The summed E-state index contributed by atoms with van der Waals surface area (Å²) in [6.07, 6.45) is -0.464. The Morgan fingerprint density at radius 3 is 2.89 bits per heavy atom. The van der Waals surface area contributed by atoms with Gasteiger partial charge in [-0.3, -0.25) is 4.79 Å². The average molecular weight is 368 g/mol. The van der Waals surface area contributed by atoms with Gasteiger partial charge in [0.25, 0.3) is 5.91 Å². The number of carbonyl (C=O) groups excluding carboxylic acids is 1. The van der Waals surface area contributed by atoms with Crippen LogP contribution in [0.3, 0.4) is 0 Å². The zero-order valence-electron chi connectivity index (χ0n) is 15.4. The number of rotatable bonds is 2. The molecule has 2 aromatic carbocycles. The minimum absolute atomic E-state index is 0.0422. The van der Waals surface area contributed by atoms with Gasteiger partial charge in [0.15, 0.2) is 11.5 Å². The first kappa shape index (κ1) is 17.8. The van der Waals surface area contributed by atoms with Crippen LogP contribution in [0.1, 0.15) is 11.1 Å². The molecule has 2 heterocycles. The second kappa shape index (κ2) is 7.58. The summed E-state index contributed by atoms with van der Waals surface area (Å²) in [6.45, 7) is 5.07. The van der Waals surface area contributed by atoms with Gasteiger partial charge >= 0.3 is 0 Å². The highest BCUT2D eigenvalue weighted by molar-refractivity contribution is 5.82. The van der Waals surface area contributed by atoms with Crippen LogP contribution in [0.15, 0.2) is 36.4 Å². The van der Waals surface area contributed by atoms with Crippen LogP contribution in [0.4, 0.5) is 0 Å². The van der Waals surface area contributed by atoms with E-state index in [1.807, 2.05) is 37.3 Å². The van der Waals surface area contributed by atoms with Crippen LogP contribution in [0.2, 0.25) is 0 Å². The summed E-state index contributed by atoms with van der Waals surface area (Å²) in [5, 5.41) is 13.7. The number of phenols is 1. The number of hydrogen-bond donors (Lipinski definition) is 2. The fourth-order valence-corrected chi connectivity index (χ4v) is 3.67. The number of morpholine rings is 1. The summed E-state index contributed by atoms with van der Waals surface area (Å²) >= 11 is 0. The van der Waals surface area contributed by atoms with Crippen LogP contribution in [-0.4, -0.2) is 54.9 Å². The first-order valence-electron chi connectivity index (χ1n) is 9.29. The first-order valence-corrected chi connectivity index (χ1v) is 9.29. The first-order chi connectivity index (χ1) is 13.1. The van der Waals surface area contributed by atoms with Crippen LogP contribution in [0.5, 0.6) is 11.5 Å². The van der Waals surface area contributed by atoms with Gasteiger partial charge in [0.05, 0.1) is 13.2 Å². The van der Waals surface area contributed by atoms with E-state index in [-0.39, 0.29) is 11.7 Å². The maximum atomic E-state index is 12.9. The van der Waals surface area contributed by atoms with E-state index in [4.69, 9.17) is 9.47 Å². The summed E-state index contributed by atoms with van der Waals surface area (Å²) in [5.74, 6) is 0.528. The molecule has 0 aliphatic carbocycles. The largest absolute Gasteiger partial charge is 0.504 e. The molecule has 27 heavy (non-hydrogen) atoms. The average Bonchev–Trinajstić information content (AvgIpc) is 2.91. The Labute approximate surface area is 158 Å². The van der Waals surface area contributed by atoms with Crippen LogP contribution < -0.4 is 10.1 Å². The Morgan fingerprint density at radius 1 is 1.26 bits per heavy atom. The van der Waals surface area contributed by atoms with Gasteiger partial charge in [0.2, 0.25) is 0 Å². The number of amides is 1. The van der Waals surface area contributed by atoms with E-state index in [0.717, 1.165) is 28.8 Å². The van der Waals surface area contributed by atoms with Gasteiger partial charge in [0.1, 0.15) is 12.7 Å². The summed E-state index contributed by atoms with van der Waals surface area (Å²) in [5.41, 5.74) is 3.90. The third-order valence-electron chi connectivity index (χ3n) is 5.09. The molecule has 1 amide bonds. The van der Waals surface area contributed by atoms with Gasteiger partial charge < -0.3 is 24.8 Å². The Morgan fingerprint density at radius 2 is 2.11 bits per heavy atom. The molecular weight excluding hydrogens is 344 g/mol. The minimum atomic E-state index is -0.464. The number of phenolic OH excluding ortho intramolecular Hbond substituents is 1. The molecule has 0 aromatic heterocycles. The highest BCUT2D eigenvalue weighted by atomic mass is 16.5. The van der Waals surface area contributed by atoms with Crippen LogP contribution in [-0.2, 0) is 16.1 Å². The molecule has 142 valence electrons. The molecule has 1 saturated heterocycles. The number of fused-ring (bicyclic) bond motifs is 1. The number of aryl methyl sites for hydroxylation is 1. The van der Waals surface area contributed by atoms with Crippen molar-refractivity contribution < 1.29 is 19.4 Å². The molecule has 6 nitrogen and oxygen atoms in total. The topological polar surface area (TPSA) is 71.0 Å². The lowest BCUT2D eigenvalue weighted by atomic mass is 9.97. The lowest BCUT2D eigenvalue weighted by Gasteiger charge is -2.28. The molecule has 0 radical (unpaired) electrons. The van der Waals surface area contributed by atoms with Crippen molar-refractivity contribution in [2.45, 2.75) is 19.6 Å². The second-order valence-electron chi connectivity index (χ2n) is 6.97.